The molecule has 11 heteroatoms. The zero-order valence-electron chi connectivity index (χ0n) is 11.5. The van der Waals surface area contributed by atoms with Gasteiger partial charge in [-0.1, -0.05) is 6.07 Å². The highest BCUT2D eigenvalue weighted by atomic mass is 32.1. The molecule has 0 aliphatic heterocycles. The van der Waals surface area contributed by atoms with E-state index >= 15 is 0 Å². The van der Waals surface area contributed by atoms with Crippen LogP contribution in [0.15, 0.2) is 28.7 Å². The fourth-order valence-electron chi connectivity index (χ4n) is 1.62. The first-order valence-corrected chi connectivity index (χ1v) is 7.00. The summed E-state index contributed by atoms with van der Waals surface area (Å²) in [4.78, 5) is 22.9. The highest BCUT2D eigenvalue weighted by Gasteiger charge is 2.38. The summed E-state index contributed by atoms with van der Waals surface area (Å²) in [5.74, 6) is -2.18. The van der Waals surface area contributed by atoms with Crippen molar-refractivity contribution < 1.29 is 18.0 Å². The van der Waals surface area contributed by atoms with Gasteiger partial charge in [0.25, 0.3) is 0 Å². The predicted molar refractivity (Wildman–Crippen MR) is 78.7 cm³/mol. The van der Waals surface area contributed by atoms with Gasteiger partial charge in [-0.2, -0.15) is 18.2 Å². The lowest BCUT2D eigenvalue weighted by molar-refractivity contribution is -0.173. The maximum Gasteiger partial charge on any atom is 0.471 e. The number of aromatic nitrogens is 2. The van der Waals surface area contributed by atoms with E-state index in [1.54, 1.807) is 22.8 Å². The summed E-state index contributed by atoms with van der Waals surface area (Å²) in [5.41, 5.74) is 11.6. The van der Waals surface area contributed by atoms with Gasteiger partial charge in [0, 0.05) is 18.1 Å². The number of halogens is 3. The Morgan fingerprint density at radius 3 is 2.78 bits per heavy atom. The first kappa shape index (κ1) is 16.7. The molecule has 2 rings (SSSR count). The normalized spacial score (nSPS) is 11.1. The predicted octanol–water partition coefficient (Wildman–Crippen LogP) is 1.29. The molecule has 1 amide bonds. The number of aliphatic imine (C=N–C) groups is 1. The quantitative estimate of drug-likeness (QED) is 0.570. The molecule has 0 fully saturated rings. The summed E-state index contributed by atoms with van der Waals surface area (Å²) in [6.07, 6.45) is -3.48. The Kier molecular flexibility index (Phi) is 4.79. The van der Waals surface area contributed by atoms with Crippen molar-refractivity contribution in [3.63, 3.8) is 0 Å². The number of carbonyl (C=O) groups excluding carboxylic acids is 1. The number of nitrogens with one attached hydrogen (secondary N) is 1. The number of guanidine groups is 1. The van der Waals surface area contributed by atoms with E-state index < -0.39 is 12.1 Å². The number of nitrogens with zero attached hydrogens (tertiary/aromatic N) is 3. The molecule has 2 aromatic heterocycles. The molecule has 0 saturated carbocycles. The molecular weight excluding hydrogens is 333 g/mol. The second-order valence-electron chi connectivity index (χ2n) is 4.24. The lowest BCUT2D eigenvalue weighted by Crippen LogP contribution is -2.36. The maximum atomic E-state index is 12.2. The lowest BCUT2D eigenvalue weighted by atomic mass is 10.1. The fraction of sp³-hybridized carbons (Fsp3) is 0.167. The molecule has 0 unspecified atom stereocenters. The Morgan fingerprint density at radius 2 is 2.13 bits per heavy atom. The minimum atomic E-state index is -4.94. The number of hydrogen-bond acceptors (Lipinski definition) is 5. The van der Waals surface area contributed by atoms with Gasteiger partial charge in [0.2, 0.25) is 5.13 Å². The van der Waals surface area contributed by atoms with Crippen molar-refractivity contribution in [3.8, 4) is 11.4 Å². The van der Waals surface area contributed by atoms with Gasteiger partial charge < -0.3 is 16.8 Å². The number of carbonyl (C=O) groups is 1. The number of amides is 1. The van der Waals surface area contributed by atoms with E-state index in [0.29, 0.717) is 17.0 Å². The third-order valence-corrected chi connectivity index (χ3v) is 3.28. The molecule has 0 aliphatic carbocycles. The van der Waals surface area contributed by atoms with E-state index in [1.807, 2.05) is 0 Å². The van der Waals surface area contributed by atoms with Crippen LogP contribution in [0, 0.1) is 0 Å². The number of thiazole rings is 1. The number of pyridine rings is 1. The van der Waals surface area contributed by atoms with Crippen LogP contribution in [0.25, 0.3) is 11.4 Å². The van der Waals surface area contributed by atoms with Crippen LogP contribution in [0.2, 0.25) is 0 Å². The van der Waals surface area contributed by atoms with Crippen LogP contribution >= 0.6 is 11.3 Å². The zero-order valence-corrected chi connectivity index (χ0v) is 12.3. The molecule has 0 bridgehead atoms. The molecule has 5 N–H and O–H groups in total. The summed E-state index contributed by atoms with van der Waals surface area (Å²) in [6.45, 7) is -0.337. The summed E-state index contributed by atoms with van der Waals surface area (Å²) < 4.78 is 36.7. The Hall–Kier alpha value is -2.69. The van der Waals surface area contributed by atoms with E-state index in [-0.39, 0.29) is 17.6 Å². The average molecular weight is 344 g/mol. The van der Waals surface area contributed by atoms with Gasteiger partial charge in [0.05, 0.1) is 5.69 Å². The van der Waals surface area contributed by atoms with Crippen LogP contribution in [0.3, 0.4) is 0 Å². The number of alkyl halides is 3. The van der Waals surface area contributed by atoms with Gasteiger partial charge in [0.1, 0.15) is 5.69 Å². The van der Waals surface area contributed by atoms with Crippen LogP contribution in [0.4, 0.5) is 18.3 Å². The smallest absolute Gasteiger partial charge is 0.370 e. The minimum absolute atomic E-state index is 0.162. The highest BCUT2D eigenvalue weighted by Crippen LogP contribution is 2.27. The van der Waals surface area contributed by atoms with Crippen molar-refractivity contribution in [1.82, 2.24) is 15.3 Å². The summed E-state index contributed by atoms with van der Waals surface area (Å²) in [7, 11) is 0. The summed E-state index contributed by atoms with van der Waals surface area (Å²) >= 11 is 1.14. The Balaban J connectivity index is 2.22. The third-order valence-electron chi connectivity index (χ3n) is 2.55. The molecule has 23 heavy (non-hydrogen) atoms. The SMILES string of the molecule is NC(N)=Nc1nc(-c2ncccc2CNC(=O)C(F)(F)F)cs1. The molecule has 0 radical (unpaired) electrons. The zero-order chi connectivity index (χ0) is 17.0. The van der Waals surface area contributed by atoms with Crippen molar-refractivity contribution in [1.29, 1.82) is 0 Å². The highest BCUT2D eigenvalue weighted by molar-refractivity contribution is 7.13. The Labute approximate surface area is 132 Å². The van der Waals surface area contributed by atoms with Crippen molar-refractivity contribution >= 4 is 28.3 Å². The molecular formula is C12H11F3N6OS. The molecule has 0 aromatic carbocycles. The van der Waals surface area contributed by atoms with E-state index in [0.717, 1.165) is 11.3 Å². The maximum absolute atomic E-state index is 12.2. The van der Waals surface area contributed by atoms with Gasteiger partial charge in [0.15, 0.2) is 5.96 Å². The van der Waals surface area contributed by atoms with Gasteiger partial charge in [-0.3, -0.25) is 9.78 Å². The van der Waals surface area contributed by atoms with Crippen LogP contribution in [0.1, 0.15) is 5.56 Å². The molecule has 0 atom stereocenters. The van der Waals surface area contributed by atoms with Gasteiger partial charge >= 0.3 is 12.1 Å². The first-order valence-electron chi connectivity index (χ1n) is 6.12. The largest absolute Gasteiger partial charge is 0.471 e. The first-order chi connectivity index (χ1) is 10.8. The second-order valence-corrected chi connectivity index (χ2v) is 5.08. The summed E-state index contributed by atoms with van der Waals surface area (Å²) in [6, 6.07) is 3.08. The van der Waals surface area contributed by atoms with Crippen molar-refractivity contribution in [3.05, 3.63) is 29.3 Å². The van der Waals surface area contributed by atoms with E-state index in [2.05, 4.69) is 15.0 Å². The Morgan fingerprint density at radius 1 is 1.39 bits per heavy atom. The van der Waals surface area contributed by atoms with Crippen LogP contribution < -0.4 is 16.8 Å². The van der Waals surface area contributed by atoms with E-state index in [1.165, 1.54) is 6.20 Å². The average Bonchev–Trinajstić information content (AvgIpc) is 2.91. The van der Waals surface area contributed by atoms with Crippen LogP contribution in [0.5, 0.6) is 0 Å². The van der Waals surface area contributed by atoms with Gasteiger partial charge in [-0.15, -0.1) is 11.3 Å². The van der Waals surface area contributed by atoms with Crippen molar-refractivity contribution in [2.45, 2.75) is 12.7 Å². The number of rotatable bonds is 4. The van der Waals surface area contributed by atoms with Crippen molar-refractivity contribution in [2.75, 3.05) is 0 Å². The minimum Gasteiger partial charge on any atom is -0.370 e. The molecule has 7 nitrogen and oxygen atoms in total. The van der Waals surface area contributed by atoms with E-state index in [9.17, 15) is 18.0 Å². The molecule has 0 aliphatic rings. The lowest BCUT2D eigenvalue weighted by Gasteiger charge is -2.09. The van der Waals surface area contributed by atoms with Crippen LogP contribution in [-0.4, -0.2) is 28.0 Å². The standard InChI is InChI=1S/C12H11F3N6OS/c13-12(14,15)9(22)19-4-6-2-1-3-18-8(6)7-5-23-11(20-7)21-10(16)17/h1-3,5H,4H2,(H,19,22)(H4,16,17,20,21). The fourth-order valence-corrected chi connectivity index (χ4v) is 2.31. The van der Waals surface area contributed by atoms with E-state index in [4.69, 9.17) is 11.5 Å². The summed E-state index contributed by atoms with van der Waals surface area (Å²) in [5, 5.41) is 3.69. The number of hydrogen-bond donors (Lipinski definition) is 3. The molecule has 2 aromatic rings. The van der Waals surface area contributed by atoms with Gasteiger partial charge in [-0.25, -0.2) is 4.98 Å². The third kappa shape index (κ3) is 4.39. The molecule has 0 saturated heterocycles. The van der Waals surface area contributed by atoms with Gasteiger partial charge in [-0.05, 0) is 11.6 Å². The monoisotopic (exact) mass is 344 g/mol. The molecule has 0 spiro atoms. The second kappa shape index (κ2) is 6.60. The topological polar surface area (TPSA) is 119 Å². The number of nitrogens with two attached hydrogens (primary N) is 2. The van der Waals surface area contributed by atoms with Crippen molar-refractivity contribution in [2.24, 2.45) is 16.5 Å². The Bertz CT molecular complexity index is 738. The van der Waals surface area contributed by atoms with Crippen LogP contribution in [-0.2, 0) is 11.3 Å². The molecule has 2 heterocycles. The molecule has 122 valence electrons.